The standard InChI is InChI=1S/C13H20N2/c1-15-8-6-12(7-9-15)10-11-2-4-13(14)5-3-11/h2-5,12H,6-10,14H2,1H3. The van der Waals surface area contributed by atoms with Crippen LogP contribution < -0.4 is 5.73 Å². The van der Waals surface area contributed by atoms with E-state index in [1.165, 1.54) is 37.9 Å². The molecule has 1 saturated heterocycles. The number of nitrogen functional groups attached to an aromatic ring is 1. The van der Waals surface area contributed by atoms with Crippen LogP contribution in [0.3, 0.4) is 0 Å². The van der Waals surface area contributed by atoms with Gasteiger partial charge in [-0.1, -0.05) is 12.1 Å². The van der Waals surface area contributed by atoms with E-state index in [1.807, 2.05) is 12.1 Å². The maximum atomic E-state index is 5.67. The fraction of sp³-hybridized carbons (Fsp3) is 0.538. The van der Waals surface area contributed by atoms with Crippen LogP contribution in [0.2, 0.25) is 0 Å². The Hall–Kier alpha value is -1.02. The molecule has 1 fully saturated rings. The number of piperidine rings is 1. The first-order valence-corrected chi connectivity index (χ1v) is 5.77. The van der Waals surface area contributed by atoms with Crippen LogP contribution in [-0.2, 0) is 6.42 Å². The van der Waals surface area contributed by atoms with E-state index in [0.29, 0.717) is 0 Å². The van der Waals surface area contributed by atoms with E-state index in [0.717, 1.165) is 11.6 Å². The Balaban J connectivity index is 1.89. The fourth-order valence-corrected chi connectivity index (χ4v) is 2.25. The summed E-state index contributed by atoms with van der Waals surface area (Å²) in [5, 5.41) is 0. The highest BCUT2D eigenvalue weighted by Crippen LogP contribution is 2.21. The van der Waals surface area contributed by atoms with Gasteiger partial charge in [0.15, 0.2) is 0 Å². The molecule has 2 rings (SSSR count). The van der Waals surface area contributed by atoms with E-state index in [2.05, 4.69) is 24.1 Å². The van der Waals surface area contributed by atoms with Gasteiger partial charge >= 0.3 is 0 Å². The smallest absolute Gasteiger partial charge is 0.0314 e. The molecule has 1 heterocycles. The molecule has 15 heavy (non-hydrogen) atoms. The molecule has 0 spiro atoms. The average molecular weight is 204 g/mol. The highest BCUT2D eigenvalue weighted by molar-refractivity contribution is 5.39. The predicted octanol–water partition coefficient (Wildman–Crippen LogP) is 2.15. The van der Waals surface area contributed by atoms with Gasteiger partial charge in [-0.25, -0.2) is 0 Å². The van der Waals surface area contributed by atoms with Gasteiger partial charge in [-0.2, -0.15) is 0 Å². The topological polar surface area (TPSA) is 29.3 Å². The van der Waals surface area contributed by atoms with E-state index in [9.17, 15) is 0 Å². The molecular weight excluding hydrogens is 184 g/mol. The number of anilines is 1. The maximum absolute atomic E-state index is 5.67. The second-order valence-electron chi connectivity index (χ2n) is 4.69. The van der Waals surface area contributed by atoms with Crippen molar-refractivity contribution in [1.29, 1.82) is 0 Å². The van der Waals surface area contributed by atoms with E-state index in [4.69, 9.17) is 5.73 Å². The summed E-state index contributed by atoms with van der Waals surface area (Å²) in [7, 11) is 2.21. The molecule has 1 aliphatic rings. The summed E-state index contributed by atoms with van der Waals surface area (Å²) in [6.07, 6.45) is 3.88. The number of hydrogen-bond donors (Lipinski definition) is 1. The highest BCUT2D eigenvalue weighted by atomic mass is 15.1. The van der Waals surface area contributed by atoms with E-state index in [1.54, 1.807) is 0 Å². The van der Waals surface area contributed by atoms with Crippen molar-refractivity contribution in [3.8, 4) is 0 Å². The largest absolute Gasteiger partial charge is 0.399 e. The first-order chi connectivity index (χ1) is 7.24. The van der Waals surface area contributed by atoms with Crippen molar-refractivity contribution in [2.24, 2.45) is 5.92 Å². The van der Waals surface area contributed by atoms with Crippen LogP contribution in [0, 0.1) is 5.92 Å². The lowest BCUT2D eigenvalue weighted by molar-refractivity contribution is 0.219. The monoisotopic (exact) mass is 204 g/mol. The lowest BCUT2D eigenvalue weighted by atomic mass is 9.90. The van der Waals surface area contributed by atoms with Crippen molar-refractivity contribution in [2.75, 3.05) is 25.9 Å². The molecule has 0 aliphatic carbocycles. The van der Waals surface area contributed by atoms with Gasteiger partial charge in [-0.05, 0) is 63.0 Å². The molecule has 0 atom stereocenters. The molecule has 1 aromatic rings. The lowest BCUT2D eigenvalue weighted by Gasteiger charge is -2.28. The van der Waals surface area contributed by atoms with Gasteiger partial charge in [0, 0.05) is 5.69 Å². The van der Waals surface area contributed by atoms with Gasteiger partial charge in [0.05, 0.1) is 0 Å². The molecule has 2 N–H and O–H groups in total. The van der Waals surface area contributed by atoms with Gasteiger partial charge < -0.3 is 10.6 Å². The average Bonchev–Trinajstić information content (AvgIpc) is 2.25. The van der Waals surface area contributed by atoms with Crippen LogP contribution in [0.1, 0.15) is 18.4 Å². The SMILES string of the molecule is CN1CCC(Cc2ccc(N)cc2)CC1. The van der Waals surface area contributed by atoms with Crippen molar-refractivity contribution in [3.63, 3.8) is 0 Å². The summed E-state index contributed by atoms with van der Waals surface area (Å²) in [6.45, 7) is 2.50. The van der Waals surface area contributed by atoms with Gasteiger partial charge in [-0.15, -0.1) is 0 Å². The Morgan fingerprint density at radius 1 is 1.20 bits per heavy atom. The normalized spacial score (nSPS) is 19.3. The maximum Gasteiger partial charge on any atom is 0.0314 e. The van der Waals surface area contributed by atoms with Crippen LogP contribution in [0.5, 0.6) is 0 Å². The number of nitrogens with zero attached hydrogens (tertiary/aromatic N) is 1. The Morgan fingerprint density at radius 3 is 2.40 bits per heavy atom. The van der Waals surface area contributed by atoms with Crippen molar-refractivity contribution in [1.82, 2.24) is 4.90 Å². The number of likely N-dealkylation sites (tertiary alicyclic amines) is 1. The van der Waals surface area contributed by atoms with Crippen LogP contribution in [0.15, 0.2) is 24.3 Å². The number of hydrogen-bond acceptors (Lipinski definition) is 2. The Labute approximate surface area is 92.1 Å². The molecule has 0 bridgehead atoms. The third kappa shape index (κ3) is 2.96. The number of nitrogens with two attached hydrogens (primary N) is 1. The lowest BCUT2D eigenvalue weighted by Crippen LogP contribution is -2.30. The van der Waals surface area contributed by atoms with Crippen LogP contribution in [-0.4, -0.2) is 25.0 Å². The molecule has 1 aromatic carbocycles. The van der Waals surface area contributed by atoms with Crippen LogP contribution in [0.25, 0.3) is 0 Å². The van der Waals surface area contributed by atoms with Crippen molar-refractivity contribution in [3.05, 3.63) is 29.8 Å². The number of rotatable bonds is 2. The Kier molecular flexibility index (Phi) is 3.27. The summed E-state index contributed by atoms with van der Waals surface area (Å²) < 4.78 is 0. The zero-order valence-corrected chi connectivity index (χ0v) is 9.45. The van der Waals surface area contributed by atoms with Crippen molar-refractivity contribution in [2.45, 2.75) is 19.3 Å². The summed E-state index contributed by atoms with van der Waals surface area (Å²) in [6, 6.07) is 8.33. The molecule has 2 heteroatoms. The molecule has 2 nitrogen and oxygen atoms in total. The first kappa shape index (κ1) is 10.5. The van der Waals surface area contributed by atoms with Crippen LogP contribution in [0.4, 0.5) is 5.69 Å². The minimum Gasteiger partial charge on any atom is -0.399 e. The summed E-state index contributed by atoms with van der Waals surface area (Å²) in [5.74, 6) is 0.866. The summed E-state index contributed by atoms with van der Waals surface area (Å²) >= 11 is 0. The van der Waals surface area contributed by atoms with Gasteiger partial charge in [-0.3, -0.25) is 0 Å². The summed E-state index contributed by atoms with van der Waals surface area (Å²) in [4.78, 5) is 2.42. The van der Waals surface area contributed by atoms with E-state index < -0.39 is 0 Å². The second-order valence-corrected chi connectivity index (χ2v) is 4.69. The molecule has 0 aromatic heterocycles. The third-order valence-electron chi connectivity index (χ3n) is 3.34. The fourth-order valence-electron chi connectivity index (χ4n) is 2.25. The van der Waals surface area contributed by atoms with Gasteiger partial charge in [0.1, 0.15) is 0 Å². The quantitative estimate of drug-likeness (QED) is 0.748. The van der Waals surface area contributed by atoms with Crippen molar-refractivity contribution < 1.29 is 0 Å². The third-order valence-corrected chi connectivity index (χ3v) is 3.34. The molecule has 1 aliphatic heterocycles. The predicted molar refractivity (Wildman–Crippen MR) is 64.8 cm³/mol. The minimum absolute atomic E-state index is 0.863. The number of benzene rings is 1. The summed E-state index contributed by atoms with van der Waals surface area (Å²) in [5.41, 5.74) is 7.96. The molecule has 0 radical (unpaired) electrons. The highest BCUT2D eigenvalue weighted by Gasteiger charge is 2.16. The van der Waals surface area contributed by atoms with E-state index in [-0.39, 0.29) is 0 Å². The molecular formula is C13H20N2. The Bertz CT molecular complexity index is 297. The van der Waals surface area contributed by atoms with E-state index >= 15 is 0 Å². The zero-order chi connectivity index (χ0) is 10.7. The first-order valence-electron chi connectivity index (χ1n) is 5.77. The van der Waals surface area contributed by atoms with Crippen molar-refractivity contribution >= 4 is 5.69 Å². The van der Waals surface area contributed by atoms with Gasteiger partial charge in [0.2, 0.25) is 0 Å². The molecule has 0 saturated carbocycles. The molecule has 0 unspecified atom stereocenters. The second kappa shape index (κ2) is 4.67. The molecule has 0 amide bonds. The van der Waals surface area contributed by atoms with Gasteiger partial charge in [0.25, 0.3) is 0 Å². The minimum atomic E-state index is 0.863. The van der Waals surface area contributed by atoms with Crippen LogP contribution >= 0.6 is 0 Å². The Morgan fingerprint density at radius 2 is 1.80 bits per heavy atom. The molecule has 82 valence electrons. The zero-order valence-electron chi connectivity index (χ0n) is 9.45.